The number of hydrogen-bond donors (Lipinski definition) is 2. The zero-order valence-corrected chi connectivity index (χ0v) is 15.7. The normalized spacial score (nSPS) is 17.2. The number of quaternary nitrogens is 1. The van der Waals surface area contributed by atoms with E-state index in [1.807, 2.05) is 43.1 Å². The van der Waals surface area contributed by atoms with Crippen molar-refractivity contribution in [3.63, 3.8) is 0 Å². The molecular weight excluding hydrogens is 318 g/mol. The molecular formula is C19H30N3O3+. The van der Waals surface area contributed by atoms with Crippen molar-refractivity contribution >= 4 is 17.5 Å². The Morgan fingerprint density at radius 2 is 1.76 bits per heavy atom. The van der Waals surface area contributed by atoms with Gasteiger partial charge in [-0.05, 0) is 30.5 Å². The number of ether oxygens (including phenoxy) is 1. The van der Waals surface area contributed by atoms with Crippen molar-refractivity contribution < 1.29 is 19.2 Å². The Bertz CT molecular complexity index is 580. The summed E-state index contributed by atoms with van der Waals surface area (Å²) in [5, 5.41) is 2.94. The minimum absolute atomic E-state index is 0.0711. The van der Waals surface area contributed by atoms with E-state index < -0.39 is 0 Å². The molecule has 0 saturated carbocycles. The van der Waals surface area contributed by atoms with Gasteiger partial charge in [-0.15, -0.1) is 0 Å². The van der Waals surface area contributed by atoms with Crippen LogP contribution < -0.4 is 10.2 Å². The maximum Gasteiger partial charge on any atom is 0.282 e. The number of hydrogen-bond acceptors (Lipinski definition) is 3. The SMILES string of the molecule is CC(C)c1ccc(NC(=O)[C@@H](C)[NH+](C)CC(=O)N2CCOCC2)cc1. The highest BCUT2D eigenvalue weighted by atomic mass is 16.5. The molecule has 138 valence electrons. The van der Waals surface area contributed by atoms with E-state index >= 15 is 0 Å². The van der Waals surface area contributed by atoms with Crippen LogP contribution in [0.4, 0.5) is 5.69 Å². The van der Waals surface area contributed by atoms with E-state index in [4.69, 9.17) is 4.74 Å². The number of carbonyl (C=O) groups excluding carboxylic acids is 2. The average molecular weight is 348 g/mol. The van der Waals surface area contributed by atoms with E-state index in [1.165, 1.54) is 5.56 Å². The highest BCUT2D eigenvalue weighted by Crippen LogP contribution is 2.17. The largest absolute Gasteiger partial charge is 0.378 e. The number of likely N-dealkylation sites (N-methyl/N-ethyl adjacent to an activating group) is 1. The summed E-state index contributed by atoms with van der Waals surface area (Å²) < 4.78 is 5.27. The van der Waals surface area contributed by atoms with Crippen LogP contribution in [0.2, 0.25) is 0 Å². The third kappa shape index (κ3) is 5.54. The molecule has 0 spiro atoms. The summed E-state index contributed by atoms with van der Waals surface area (Å²) in [5.41, 5.74) is 2.03. The molecule has 1 heterocycles. The molecule has 6 nitrogen and oxygen atoms in total. The molecule has 6 heteroatoms. The number of nitrogens with zero attached hydrogens (tertiary/aromatic N) is 1. The number of nitrogens with one attached hydrogen (secondary N) is 2. The third-order valence-electron chi connectivity index (χ3n) is 4.77. The van der Waals surface area contributed by atoms with Gasteiger partial charge >= 0.3 is 0 Å². The molecule has 1 aromatic carbocycles. The van der Waals surface area contributed by atoms with Crippen molar-refractivity contribution in [3.05, 3.63) is 29.8 Å². The fraction of sp³-hybridized carbons (Fsp3) is 0.579. The molecule has 0 bridgehead atoms. The second-order valence-electron chi connectivity index (χ2n) is 7.00. The van der Waals surface area contributed by atoms with E-state index in [2.05, 4.69) is 19.2 Å². The smallest absolute Gasteiger partial charge is 0.282 e. The first-order chi connectivity index (χ1) is 11.9. The number of carbonyl (C=O) groups is 2. The van der Waals surface area contributed by atoms with Crippen molar-refractivity contribution in [3.8, 4) is 0 Å². The van der Waals surface area contributed by atoms with Gasteiger partial charge in [-0.3, -0.25) is 9.59 Å². The van der Waals surface area contributed by atoms with E-state index in [0.717, 1.165) is 10.6 Å². The average Bonchev–Trinajstić information content (AvgIpc) is 2.62. The number of amides is 2. The lowest BCUT2D eigenvalue weighted by molar-refractivity contribution is -0.886. The standard InChI is InChI=1S/C19H29N3O3/c1-14(2)16-5-7-17(8-6-16)20-19(24)15(3)21(4)13-18(23)22-9-11-25-12-10-22/h5-8,14-15H,9-13H2,1-4H3,(H,20,24)/p+1/t15-/m1/s1. The molecule has 1 aromatic rings. The van der Waals surface area contributed by atoms with Crippen LogP contribution in [0.25, 0.3) is 0 Å². The fourth-order valence-corrected chi connectivity index (χ4v) is 2.74. The predicted octanol–water partition coefficient (Wildman–Crippen LogP) is 0.511. The van der Waals surface area contributed by atoms with Gasteiger partial charge in [-0.2, -0.15) is 0 Å². The zero-order valence-electron chi connectivity index (χ0n) is 15.7. The van der Waals surface area contributed by atoms with Gasteiger partial charge in [-0.25, -0.2) is 0 Å². The fourth-order valence-electron chi connectivity index (χ4n) is 2.74. The molecule has 1 fully saturated rings. The Kier molecular flexibility index (Phi) is 6.96. The molecule has 1 aliphatic rings. The summed E-state index contributed by atoms with van der Waals surface area (Å²) in [4.78, 5) is 27.5. The lowest BCUT2D eigenvalue weighted by atomic mass is 10.0. The summed E-state index contributed by atoms with van der Waals surface area (Å²) in [6, 6.07) is 7.60. The first-order valence-corrected chi connectivity index (χ1v) is 8.97. The van der Waals surface area contributed by atoms with Crippen LogP contribution in [0, 0.1) is 0 Å². The molecule has 2 N–H and O–H groups in total. The quantitative estimate of drug-likeness (QED) is 0.787. The molecule has 0 radical (unpaired) electrons. The summed E-state index contributed by atoms with van der Waals surface area (Å²) >= 11 is 0. The number of benzene rings is 1. The second kappa shape index (κ2) is 8.97. The second-order valence-corrected chi connectivity index (χ2v) is 7.00. The van der Waals surface area contributed by atoms with Gasteiger partial charge in [0, 0.05) is 18.8 Å². The highest BCUT2D eigenvalue weighted by molar-refractivity contribution is 5.93. The first kappa shape index (κ1) is 19.4. The Hall–Kier alpha value is -1.92. The Balaban J connectivity index is 1.86. The van der Waals surface area contributed by atoms with Crippen molar-refractivity contribution in [1.29, 1.82) is 0 Å². The Labute approximate surface area is 150 Å². The molecule has 25 heavy (non-hydrogen) atoms. The van der Waals surface area contributed by atoms with Crippen LogP contribution in [-0.2, 0) is 14.3 Å². The number of rotatable bonds is 6. The van der Waals surface area contributed by atoms with Crippen molar-refractivity contribution in [2.24, 2.45) is 0 Å². The third-order valence-corrected chi connectivity index (χ3v) is 4.77. The lowest BCUT2D eigenvalue weighted by Crippen LogP contribution is -3.15. The minimum atomic E-state index is -0.310. The Morgan fingerprint density at radius 1 is 1.16 bits per heavy atom. The van der Waals surface area contributed by atoms with Gasteiger partial charge in [0.2, 0.25) is 0 Å². The van der Waals surface area contributed by atoms with Crippen LogP contribution in [0.1, 0.15) is 32.3 Å². The van der Waals surface area contributed by atoms with E-state index in [-0.39, 0.29) is 17.9 Å². The van der Waals surface area contributed by atoms with E-state index in [0.29, 0.717) is 38.8 Å². The highest BCUT2D eigenvalue weighted by Gasteiger charge is 2.27. The molecule has 1 aliphatic heterocycles. The summed E-state index contributed by atoms with van der Waals surface area (Å²) in [6.45, 7) is 8.88. The van der Waals surface area contributed by atoms with Gasteiger partial charge in [0.15, 0.2) is 12.6 Å². The van der Waals surface area contributed by atoms with Crippen molar-refractivity contribution in [1.82, 2.24) is 4.90 Å². The van der Waals surface area contributed by atoms with E-state index in [1.54, 1.807) is 0 Å². The monoisotopic (exact) mass is 348 g/mol. The summed E-state index contributed by atoms with van der Waals surface area (Å²) in [5.74, 6) is 0.455. The molecule has 2 rings (SSSR count). The minimum Gasteiger partial charge on any atom is -0.378 e. The van der Waals surface area contributed by atoms with Gasteiger partial charge in [0.05, 0.1) is 20.3 Å². The van der Waals surface area contributed by atoms with Crippen molar-refractivity contribution in [2.45, 2.75) is 32.7 Å². The molecule has 0 aliphatic carbocycles. The summed E-state index contributed by atoms with van der Waals surface area (Å²) in [6.07, 6.45) is 0. The zero-order chi connectivity index (χ0) is 18.4. The van der Waals surface area contributed by atoms with Crippen LogP contribution in [0.5, 0.6) is 0 Å². The van der Waals surface area contributed by atoms with Gasteiger partial charge < -0.3 is 19.9 Å². The molecule has 1 saturated heterocycles. The van der Waals surface area contributed by atoms with Gasteiger partial charge in [0.25, 0.3) is 11.8 Å². The molecule has 2 amide bonds. The van der Waals surface area contributed by atoms with Crippen LogP contribution in [-0.4, -0.2) is 62.7 Å². The first-order valence-electron chi connectivity index (χ1n) is 8.97. The number of morpholine rings is 1. The molecule has 2 atom stereocenters. The van der Waals surface area contributed by atoms with Crippen LogP contribution >= 0.6 is 0 Å². The van der Waals surface area contributed by atoms with E-state index in [9.17, 15) is 9.59 Å². The molecule has 0 aromatic heterocycles. The lowest BCUT2D eigenvalue weighted by Gasteiger charge is -2.28. The summed E-state index contributed by atoms with van der Waals surface area (Å²) in [7, 11) is 1.88. The van der Waals surface area contributed by atoms with Crippen LogP contribution in [0.15, 0.2) is 24.3 Å². The maximum absolute atomic E-state index is 12.5. The van der Waals surface area contributed by atoms with Gasteiger partial charge in [-0.1, -0.05) is 26.0 Å². The number of anilines is 1. The molecule has 1 unspecified atom stereocenters. The van der Waals surface area contributed by atoms with Crippen molar-refractivity contribution in [2.75, 3.05) is 45.2 Å². The topological polar surface area (TPSA) is 63.1 Å². The Morgan fingerprint density at radius 3 is 2.32 bits per heavy atom. The maximum atomic E-state index is 12.5. The van der Waals surface area contributed by atoms with Gasteiger partial charge in [0.1, 0.15) is 0 Å². The van der Waals surface area contributed by atoms with Crippen LogP contribution in [0.3, 0.4) is 0 Å². The predicted molar refractivity (Wildman–Crippen MR) is 97.8 cm³/mol.